The van der Waals surface area contributed by atoms with Crippen molar-refractivity contribution < 1.29 is 14.3 Å². The zero-order chi connectivity index (χ0) is 15.5. The highest BCUT2D eigenvalue weighted by Crippen LogP contribution is 2.23. The fourth-order valence-electron chi connectivity index (χ4n) is 2.37. The van der Waals surface area contributed by atoms with E-state index in [1.165, 1.54) is 5.56 Å². The highest BCUT2D eigenvalue weighted by atomic mass is 16.6. The molecule has 0 bridgehead atoms. The van der Waals surface area contributed by atoms with E-state index in [1.807, 2.05) is 62.4 Å². The van der Waals surface area contributed by atoms with Crippen LogP contribution in [-0.2, 0) is 11.3 Å². The van der Waals surface area contributed by atoms with Gasteiger partial charge < -0.3 is 9.47 Å². The van der Waals surface area contributed by atoms with Crippen molar-refractivity contribution in [1.82, 2.24) is 4.90 Å². The number of cyclic esters (lactones) is 1. The van der Waals surface area contributed by atoms with Crippen molar-refractivity contribution in [1.29, 1.82) is 0 Å². The van der Waals surface area contributed by atoms with E-state index in [4.69, 9.17) is 9.47 Å². The Morgan fingerprint density at radius 2 is 1.68 bits per heavy atom. The summed E-state index contributed by atoms with van der Waals surface area (Å²) < 4.78 is 10.8. The first-order chi connectivity index (χ1) is 10.6. The first kappa shape index (κ1) is 14.4. The van der Waals surface area contributed by atoms with Gasteiger partial charge in [-0.2, -0.15) is 0 Å². The Balaban J connectivity index is 1.65. The minimum Gasteiger partial charge on any atom is -0.457 e. The van der Waals surface area contributed by atoms with Gasteiger partial charge in [-0.3, -0.25) is 4.90 Å². The summed E-state index contributed by atoms with van der Waals surface area (Å²) in [6, 6.07) is 15.8. The maximum Gasteiger partial charge on any atom is 0.410 e. The van der Waals surface area contributed by atoms with Crippen LogP contribution in [0.4, 0.5) is 4.79 Å². The van der Waals surface area contributed by atoms with Crippen LogP contribution in [0.15, 0.2) is 48.5 Å². The van der Waals surface area contributed by atoms with Gasteiger partial charge in [0.2, 0.25) is 0 Å². The second kappa shape index (κ2) is 6.10. The molecular formula is C18H19NO3. The molecule has 1 amide bonds. The monoisotopic (exact) mass is 297 g/mol. The Bertz CT molecular complexity index is 649. The Kier molecular flexibility index (Phi) is 4.00. The van der Waals surface area contributed by atoms with Crippen LogP contribution in [0.5, 0.6) is 11.5 Å². The molecule has 0 radical (unpaired) electrons. The number of hydrogen-bond donors (Lipinski definition) is 0. The fourth-order valence-corrected chi connectivity index (χ4v) is 2.37. The smallest absolute Gasteiger partial charge is 0.410 e. The molecule has 0 spiro atoms. The van der Waals surface area contributed by atoms with E-state index in [9.17, 15) is 4.79 Å². The fraction of sp³-hybridized carbons (Fsp3) is 0.278. The molecule has 3 rings (SSSR count). The molecule has 2 aromatic rings. The number of ether oxygens (including phenoxy) is 2. The Morgan fingerprint density at radius 3 is 2.23 bits per heavy atom. The topological polar surface area (TPSA) is 38.8 Å². The minimum absolute atomic E-state index is 0.121. The standard InChI is InChI=1S/C18H19NO3/c1-13-3-7-16(8-4-13)22-17-9-5-15(6-10-17)11-19-14(2)12-21-18(19)20/h3-10,14H,11-12H2,1-2H3/t14-/m0/s1. The van der Waals surface area contributed by atoms with Crippen molar-refractivity contribution in [2.45, 2.75) is 26.4 Å². The lowest BCUT2D eigenvalue weighted by Crippen LogP contribution is -2.30. The average Bonchev–Trinajstić information content (AvgIpc) is 2.83. The maximum atomic E-state index is 11.6. The van der Waals surface area contributed by atoms with Crippen LogP contribution in [0.2, 0.25) is 0 Å². The first-order valence-corrected chi connectivity index (χ1v) is 7.39. The molecule has 0 aromatic heterocycles. The van der Waals surface area contributed by atoms with Gasteiger partial charge in [-0.1, -0.05) is 29.8 Å². The molecular weight excluding hydrogens is 278 g/mol. The van der Waals surface area contributed by atoms with Gasteiger partial charge in [0.1, 0.15) is 18.1 Å². The molecule has 4 nitrogen and oxygen atoms in total. The summed E-state index contributed by atoms with van der Waals surface area (Å²) >= 11 is 0. The van der Waals surface area contributed by atoms with Gasteiger partial charge in [0.25, 0.3) is 0 Å². The molecule has 2 aromatic carbocycles. The van der Waals surface area contributed by atoms with Gasteiger partial charge in [-0.15, -0.1) is 0 Å². The third kappa shape index (κ3) is 3.22. The third-order valence-corrected chi connectivity index (χ3v) is 3.75. The molecule has 0 unspecified atom stereocenters. The number of hydrogen-bond acceptors (Lipinski definition) is 3. The number of benzene rings is 2. The van der Waals surface area contributed by atoms with E-state index in [0.29, 0.717) is 13.2 Å². The summed E-state index contributed by atoms with van der Waals surface area (Å²) in [6.07, 6.45) is -0.243. The zero-order valence-electron chi connectivity index (χ0n) is 12.8. The molecule has 1 heterocycles. The molecule has 1 aliphatic rings. The maximum absolute atomic E-state index is 11.6. The largest absolute Gasteiger partial charge is 0.457 e. The molecule has 1 atom stereocenters. The van der Waals surface area contributed by atoms with Crippen LogP contribution >= 0.6 is 0 Å². The first-order valence-electron chi connectivity index (χ1n) is 7.39. The van der Waals surface area contributed by atoms with E-state index in [-0.39, 0.29) is 12.1 Å². The Hall–Kier alpha value is -2.49. The SMILES string of the molecule is Cc1ccc(Oc2ccc(CN3C(=O)OC[C@@H]3C)cc2)cc1. The lowest BCUT2D eigenvalue weighted by atomic mass is 10.2. The summed E-state index contributed by atoms with van der Waals surface area (Å²) in [5.74, 6) is 1.60. The molecule has 0 saturated carbocycles. The highest BCUT2D eigenvalue weighted by Gasteiger charge is 2.29. The summed E-state index contributed by atoms with van der Waals surface area (Å²) in [6.45, 7) is 5.06. The van der Waals surface area contributed by atoms with E-state index >= 15 is 0 Å². The number of rotatable bonds is 4. The molecule has 1 saturated heterocycles. The molecule has 0 N–H and O–H groups in total. The molecule has 22 heavy (non-hydrogen) atoms. The van der Waals surface area contributed by atoms with Gasteiger partial charge >= 0.3 is 6.09 Å². The molecule has 1 fully saturated rings. The van der Waals surface area contributed by atoms with Crippen molar-refractivity contribution in [3.8, 4) is 11.5 Å². The normalized spacial score (nSPS) is 17.5. The summed E-state index contributed by atoms with van der Waals surface area (Å²) in [7, 11) is 0. The average molecular weight is 297 g/mol. The van der Waals surface area contributed by atoms with Crippen LogP contribution < -0.4 is 4.74 Å². The number of nitrogens with zero attached hydrogens (tertiary/aromatic N) is 1. The number of aryl methyl sites for hydroxylation is 1. The quantitative estimate of drug-likeness (QED) is 0.851. The number of amides is 1. The van der Waals surface area contributed by atoms with E-state index < -0.39 is 0 Å². The predicted octanol–water partition coefficient (Wildman–Crippen LogP) is 4.13. The number of carbonyl (C=O) groups excluding carboxylic acids is 1. The Labute approximate surface area is 130 Å². The predicted molar refractivity (Wildman–Crippen MR) is 84.0 cm³/mol. The van der Waals surface area contributed by atoms with Crippen molar-refractivity contribution in [2.24, 2.45) is 0 Å². The van der Waals surface area contributed by atoms with E-state index in [1.54, 1.807) is 4.90 Å². The minimum atomic E-state index is -0.243. The van der Waals surface area contributed by atoms with Crippen LogP contribution in [0.25, 0.3) is 0 Å². The second-order valence-corrected chi connectivity index (χ2v) is 5.61. The lowest BCUT2D eigenvalue weighted by Gasteiger charge is -2.18. The van der Waals surface area contributed by atoms with Crippen LogP contribution in [0, 0.1) is 6.92 Å². The second-order valence-electron chi connectivity index (χ2n) is 5.61. The van der Waals surface area contributed by atoms with Gasteiger partial charge in [-0.05, 0) is 43.7 Å². The summed E-state index contributed by atoms with van der Waals surface area (Å²) in [5, 5.41) is 0. The van der Waals surface area contributed by atoms with E-state index in [2.05, 4.69) is 0 Å². The number of carbonyl (C=O) groups is 1. The molecule has 4 heteroatoms. The lowest BCUT2D eigenvalue weighted by molar-refractivity contribution is 0.156. The summed E-state index contributed by atoms with van der Waals surface area (Å²) in [4.78, 5) is 13.3. The molecule has 114 valence electrons. The molecule has 0 aliphatic carbocycles. The highest BCUT2D eigenvalue weighted by molar-refractivity contribution is 5.70. The van der Waals surface area contributed by atoms with Gasteiger partial charge in [0.15, 0.2) is 0 Å². The van der Waals surface area contributed by atoms with Crippen molar-refractivity contribution in [3.63, 3.8) is 0 Å². The zero-order valence-corrected chi connectivity index (χ0v) is 12.8. The van der Waals surface area contributed by atoms with Gasteiger partial charge in [-0.25, -0.2) is 4.79 Å². The van der Waals surface area contributed by atoms with Gasteiger partial charge in [0.05, 0.1) is 6.04 Å². The summed E-state index contributed by atoms with van der Waals surface area (Å²) in [5.41, 5.74) is 2.26. The van der Waals surface area contributed by atoms with Crippen LogP contribution in [0.1, 0.15) is 18.1 Å². The third-order valence-electron chi connectivity index (χ3n) is 3.75. The molecule has 1 aliphatic heterocycles. The van der Waals surface area contributed by atoms with Crippen molar-refractivity contribution in [3.05, 3.63) is 59.7 Å². The van der Waals surface area contributed by atoms with Crippen LogP contribution in [-0.4, -0.2) is 23.6 Å². The van der Waals surface area contributed by atoms with Crippen molar-refractivity contribution in [2.75, 3.05) is 6.61 Å². The Morgan fingerprint density at radius 1 is 1.09 bits per heavy atom. The van der Waals surface area contributed by atoms with E-state index in [0.717, 1.165) is 17.1 Å². The van der Waals surface area contributed by atoms with Crippen LogP contribution in [0.3, 0.4) is 0 Å². The van der Waals surface area contributed by atoms with Gasteiger partial charge in [0, 0.05) is 6.54 Å². The van der Waals surface area contributed by atoms with Crippen molar-refractivity contribution >= 4 is 6.09 Å².